The van der Waals surface area contributed by atoms with Crippen LogP contribution in [0.3, 0.4) is 0 Å². The van der Waals surface area contributed by atoms with Gasteiger partial charge in [0.1, 0.15) is 8.07 Å². The van der Waals surface area contributed by atoms with Crippen LogP contribution in [0.4, 0.5) is 0 Å². The summed E-state index contributed by atoms with van der Waals surface area (Å²) in [7, 11) is -3.22. The molecular formula is C16H34O2Si2. The Balaban J connectivity index is 4.78. The zero-order valence-corrected chi connectivity index (χ0v) is 17.1. The Morgan fingerprint density at radius 2 is 1.45 bits per heavy atom. The van der Waals surface area contributed by atoms with Gasteiger partial charge in [0.2, 0.25) is 0 Å². The summed E-state index contributed by atoms with van der Waals surface area (Å²) in [4.78, 5) is 0. The second-order valence-corrected chi connectivity index (χ2v) is 17.9. The zero-order valence-electron chi connectivity index (χ0n) is 15.1. The maximum absolute atomic E-state index is 10.4. The van der Waals surface area contributed by atoms with Crippen LogP contribution in [-0.2, 0) is 4.43 Å². The van der Waals surface area contributed by atoms with Crippen LogP contribution < -0.4 is 0 Å². The highest BCUT2D eigenvalue weighted by molar-refractivity contribution is 6.83. The van der Waals surface area contributed by atoms with E-state index in [9.17, 15) is 5.11 Å². The van der Waals surface area contributed by atoms with Crippen LogP contribution >= 0.6 is 0 Å². The Morgan fingerprint density at radius 3 is 1.80 bits per heavy atom. The topological polar surface area (TPSA) is 29.5 Å². The highest BCUT2D eigenvalue weighted by Crippen LogP contribution is 2.37. The highest BCUT2D eigenvalue weighted by atomic mass is 28.4. The number of aliphatic hydroxyl groups excluding tert-OH is 1. The summed E-state index contributed by atoms with van der Waals surface area (Å²) in [5.41, 5.74) is 3.34. The molecule has 1 N–H and O–H groups in total. The molecule has 0 saturated carbocycles. The van der Waals surface area contributed by atoms with Crippen LogP contribution in [0.5, 0.6) is 0 Å². The van der Waals surface area contributed by atoms with Crippen molar-refractivity contribution in [1.29, 1.82) is 0 Å². The molecular weight excluding hydrogens is 280 g/mol. The summed E-state index contributed by atoms with van der Waals surface area (Å²) < 4.78 is 6.25. The third kappa shape index (κ3) is 6.58. The van der Waals surface area contributed by atoms with Gasteiger partial charge in [-0.15, -0.1) is 11.5 Å². The molecule has 0 fully saturated rings. The molecule has 0 aromatic heterocycles. The Labute approximate surface area is 128 Å². The van der Waals surface area contributed by atoms with Gasteiger partial charge in [-0.2, -0.15) is 0 Å². The van der Waals surface area contributed by atoms with E-state index in [4.69, 9.17) is 4.43 Å². The van der Waals surface area contributed by atoms with Crippen LogP contribution in [0.1, 0.15) is 34.6 Å². The fourth-order valence-corrected chi connectivity index (χ4v) is 3.62. The lowest BCUT2D eigenvalue weighted by Gasteiger charge is -2.40. The maximum atomic E-state index is 10.4. The van der Waals surface area contributed by atoms with Crippen molar-refractivity contribution >= 4 is 16.4 Å². The standard InChI is InChI=1S/C16H34O2Si2/c1-13(11-12-19(6,7)8)15(17)14(2)18-20(9,10)16(3,4)5/h13-15,17H,1-10H3/t13-,14+,15-/m1/s1. The molecule has 0 aliphatic rings. The third-order valence-electron chi connectivity index (χ3n) is 3.95. The van der Waals surface area contributed by atoms with Crippen molar-refractivity contribution in [2.45, 2.75) is 84.6 Å². The second-order valence-electron chi connectivity index (χ2n) is 8.38. The lowest BCUT2D eigenvalue weighted by molar-refractivity contribution is 0.0190. The minimum atomic E-state index is -1.84. The van der Waals surface area contributed by atoms with E-state index in [-0.39, 0.29) is 17.1 Å². The van der Waals surface area contributed by atoms with Crippen LogP contribution in [0.15, 0.2) is 0 Å². The average Bonchev–Trinajstić information content (AvgIpc) is 2.21. The fourth-order valence-electron chi connectivity index (χ4n) is 1.53. The number of rotatable bonds is 4. The molecule has 0 aromatic rings. The van der Waals surface area contributed by atoms with Gasteiger partial charge in [0, 0.05) is 5.92 Å². The van der Waals surface area contributed by atoms with Gasteiger partial charge in [-0.1, -0.05) is 40.4 Å². The van der Waals surface area contributed by atoms with Crippen LogP contribution in [0.2, 0.25) is 37.8 Å². The predicted molar refractivity (Wildman–Crippen MR) is 94.0 cm³/mol. The molecule has 118 valence electrons. The minimum Gasteiger partial charge on any atom is -0.412 e. The first-order chi connectivity index (χ1) is 8.67. The lowest BCUT2D eigenvalue weighted by atomic mass is 10.0. The molecule has 0 heterocycles. The maximum Gasteiger partial charge on any atom is 0.192 e. The van der Waals surface area contributed by atoms with Gasteiger partial charge in [0.05, 0.1) is 12.2 Å². The van der Waals surface area contributed by atoms with E-state index in [0.29, 0.717) is 0 Å². The molecule has 2 nitrogen and oxygen atoms in total. The van der Waals surface area contributed by atoms with Crippen molar-refractivity contribution in [2.24, 2.45) is 5.92 Å². The molecule has 0 spiro atoms. The number of hydrogen-bond donors (Lipinski definition) is 1. The molecule has 3 atom stereocenters. The van der Waals surface area contributed by atoms with E-state index in [1.807, 2.05) is 13.8 Å². The highest BCUT2D eigenvalue weighted by Gasteiger charge is 2.40. The molecule has 0 radical (unpaired) electrons. The van der Waals surface area contributed by atoms with E-state index >= 15 is 0 Å². The van der Waals surface area contributed by atoms with E-state index in [1.54, 1.807) is 0 Å². The van der Waals surface area contributed by atoms with Gasteiger partial charge in [0.25, 0.3) is 0 Å². The third-order valence-corrected chi connectivity index (χ3v) is 9.42. The first-order valence-corrected chi connectivity index (χ1v) is 14.0. The Bertz CT molecular complexity index is 367. The molecule has 20 heavy (non-hydrogen) atoms. The first-order valence-electron chi connectivity index (χ1n) is 7.56. The Kier molecular flexibility index (Phi) is 6.75. The smallest absolute Gasteiger partial charge is 0.192 e. The molecule has 0 bridgehead atoms. The number of hydrogen-bond acceptors (Lipinski definition) is 2. The summed E-state index contributed by atoms with van der Waals surface area (Å²) in [6.07, 6.45) is -0.685. The monoisotopic (exact) mass is 314 g/mol. The number of aliphatic hydroxyl groups is 1. The quantitative estimate of drug-likeness (QED) is 0.620. The zero-order chi connectivity index (χ0) is 16.4. The van der Waals surface area contributed by atoms with E-state index < -0.39 is 22.5 Å². The van der Waals surface area contributed by atoms with Crippen molar-refractivity contribution in [3.8, 4) is 11.5 Å². The Hall–Kier alpha value is -0.0862. The SMILES string of the molecule is C[C@H](C#C[Si](C)(C)C)[C@@H](O)[C@H](C)O[Si](C)(C)C(C)(C)C. The van der Waals surface area contributed by atoms with Crippen molar-refractivity contribution in [2.75, 3.05) is 0 Å². The molecule has 0 aliphatic carbocycles. The molecule has 0 rings (SSSR count). The van der Waals surface area contributed by atoms with Gasteiger partial charge in [-0.25, -0.2) is 0 Å². The average molecular weight is 315 g/mol. The normalized spacial score (nSPS) is 17.9. The van der Waals surface area contributed by atoms with Gasteiger partial charge in [-0.05, 0) is 32.0 Å². The van der Waals surface area contributed by atoms with E-state index in [2.05, 4.69) is 65.0 Å². The molecule has 0 saturated heterocycles. The molecule has 0 aliphatic heterocycles. The predicted octanol–water partition coefficient (Wildman–Crippen LogP) is 4.27. The van der Waals surface area contributed by atoms with Gasteiger partial charge in [0.15, 0.2) is 8.32 Å². The van der Waals surface area contributed by atoms with E-state index in [0.717, 1.165) is 0 Å². The fraction of sp³-hybridized carbons (Fsp3) is 0.875. The van der Waals surface area contributed by atoms with Crippen LogP contribution in [0, 0.1) is 17.4 Å². The molecule has 0 amide bonds. The van der Waals surface area contributed by atoms with Crippen LogP contribution in [0.25, 0.3) is 0 Å². The molecule has 4 heteroatoms. The van der Waals surface area contributed by atoms with Crippen molar-refractivity contribution < 1.29 is 9.53 Å². The van der Waals surface area contributed by atoms with Crippen molar-refractivity contribution in [3.05, 3.63) is 0 Å². The van der Waals surface area contributed by atoms with Gasteiger partial charge in [-0.3, -0.25) is 0 Å². The minimum absolute atomic E-state index is 0.0403. The summed E-state index contributed by atoms with van der Waals surface area (Å²) in [5.74, 6) is 3.18. The summed E-state index contributed by atoms with van der Waals surface area (Å²) >= 11 is 0. The van der Waals surface area contributed by atoms with Gasteiger partial charge < -0.3 is 9.53 Å². The second kappa shape index (κ2) is 6.78. The van der Waals surface area contributed by atoms with Crippen molar-refractivity contribution in [1.82, 2.24) is 0 Å². The van der Waals surface area contributed by atoms with E-state index in [1.165, 1.54) is 0 Å². The lowest BCUT2D eigenvalue weighted by Crippen LogP contribution is -2.47. The largest absolute Gasteiger partial charge is 0.412 e. The van der Waals surface area contributed by atoms with Crippen LogP contribution in [-0.4, -0.2) is 33.7 Å². The summed E-state index contributed by atoms with van der Waals surface area (Å²) in [6.45, 7) is 21.7. The molecule has 0 unspecified atom stereocenters. The van der Waals surface area contributed by atoms with Gasteiger partial charge >= 0.3 is 0 Å². The van der Waals surface area contributed by atoms with Crippen molar-refractivity contribution in [3.63, 3.8) is 0 Å². The Morgan fingerprint density at radius 1 is 1.00 bits per heavy atom. The summed E-state index contributed by atoms with van der Waals surface area (Å²) in [6, 6.07) is 0. The summed E-state index contributed by atoms with van der Waals surface area (Å²) in [5, 5.41) is 10.6. The molecule has 0 aromatic carbocycles. The first kappa shape index (κ1) is 19.9.